The first-order valence-corrected chi connectivity index (χ1v) is 10.9. The number of aliphatic carboxylic acids is 1. The van der Waals surface area contributed by atoms with E-state index in [4.69, 9.17) is 11.5 Å². The molecule has 0 radical (unpaired) electrons. The van der Waals surface area contributed by atoms with Crippen LogP contribution in [-0.4, -0.2) is 71.3 Å². The van der Waals surface area contributed by atoms with Crippen molar-refractivity contribution in [1.82, 2.24) is 21.3 Å². The van der Waals surface area contributed by atoms with Crippen LogP contribution in [0.3, 0.4) is 0 Å². The number of nitrogens with two attached hydrogens (primary N) is 2. The average molecular weight is 471 g/mol. The molecule has 1 aliphatic heterocycles. The van der Waals surface area contributed by atoms with Crippen molar-refractivity contribution in [2.24, 2.45) is 17.4 Å². The van der Waals surface area contributed by atoms with E-state index in [9.17, 15) is 33.9 Å². The van der Waals surface area contributed by atoms with Crippen LogP contribution in [0.4, 0.5) is 0 Å². The molecule has 0 aromatic rings. The zero-order chi connectivity index (χ0) is 25.1. The molecule has 1 rings (SSSR count). The third-order valence-electron chi connectivity index (χ3n) is 5.50. The Bertz CT molecular complexity index is 753. The number of carboxylic acid groups (broad SMARTS) is 1. The van der Waals surface area contributed by atoms with Crippen molar-refractivity contribution >= 4 is 35.5 Å². The summed E-state index contributed by atoms with van der Waals surface area (Å²) in [5, 5.41) is 19.6. The lowest BCUT2D eigenvalue weighted by molar-refractivity contribution is -0.144. The monoisotopic (exact) mass is 470 g/mol. The van der Waals surface area contributed by atoms with E-state index in [-0.39, 0.29) is 24.7 Å². The Morgan fingerprint density at radius 3 is 2.12 bits per heavy atom. The fraction of sp³-hybridized carbons (Fsp3) is 0.700. The van der Waals surface area contributed by atoms with E-state index in [1.165, 1.54) is 0 Å². The fourth-order valence-electron chi connectivity index (χ4n) is 3.35. The van der Waals surface area contributed by atoms with Crippen LogP contribution in [0.1, 0.15) is 52.4 Å². The second kappa shape index (κ2) is 13.4. The summed E-state index contributed by atoms with van der Waals surface area (Å²) in [4.78, 5) is 71.9. The standard InChI is InChI=1S/C20H34N6O7/c1-3-10(2)16(26-17(29)11-5-4-8-23-11)19(31)24-12(6-7-14(21)27)18(30)25-13(20(32)33)9-15(22)28/h10-13,16,23H,3-9H2,1-2H3,(H2,21,27)(H2,22,28)(H,24,31)(H,25,30)(H,26,29)(H,32,33). The van der Waals surface area contributed by atoms with Gasteiger partial charge in [-0.3, -0.25) is 24.0 Å². The van der Waals surface area contributed by atoms with E-state index in [0.29, 0.717) is 19.4 Å². The van der Waals surface area contributed by atoms with Crippen molar-refractivity contribution in [2.45, 2.75) is 76.5 Å². The summed E-state index contributed by atoms with van der Waals surface area (Å²) >= 11 is 0. The smallest absolute Gasteiger partial charge is 0.326 e. The molecule has 1 aliphatic rings. The van der Waals surface area contributed by atoms with Gasteiger partial charge in [0.1, 0.15) is 18.1 Å². The van der Waals surface area contributed by atoms with Crippen LogP contribution in [0, 0.1) is 5.92 Å². The fourth-order valence-corrected chi connectivity index (χ4v) is 3.35. The van der Waals surface area contributed by atoms with Gasteiger partial charge in [0.2, 0.25) is 29.5 Å². The Hall–Kier alpha value is -3.22. The Balaban J connectivity index is 2.98. The predicted molar refractivity (Wildman–Crippen MR) is 116 cm³/mol. The molecule has 186 valence electrons. The molecular weight excluding hydrogens is 436 g/mol. The minimum Gasteiger partial charge on any atom is -0.480 e. The molecule has 5 atom stereocenters. The van der Waals surface area contributed by atoms with Crippen LogP contribution >= 0.6 is 0 Å². The van der Waals surface area contributed by atoms with Crippen molar-refractivity contribution in [3.63, 3.8) is 0 Å². The highest BCUT2D eigenvalue weighted by atomic mass is 16.4. The third-order valence-corrected chi connectivity index (χ3v) is 5.50. The van der Waals surface area contributed by atoms with E-state index in [1.54, 1.807) is 6.92 Å². The van der Waals surface area contributed by atoms with Crippen LogP contribution < -0.4 is 32.7 Å². The van der Waals surface area contributed by atoms with Gasteiger partial charge < -0.3 is 37.8 Å². The molecule has 33 heavy (non-hydrogen) atoms. The van der Waals surface area contributed by atoms with Gasteiger partial charge >= 0.3 is 5.97 Å². The van der Waals surface area contributed by atoms with E-state index >= 15 is 0 Å². The van der Waals surface area contributed by atoms with E-state index in [0.717, 1.165) is 6.42 Å². The molecule has 1 heterocycles. The average Bonchev–Trinajstić information content (AvgIpc) is 3.28. The van der Waals surface area contributed by atoms with Gasteiger partial charge in [-0.25, -0.2) is 4.79 Å². The number of hydrogen-bond acceptors (Lipinski definition) is 7. The first kappa shape index (κ1) is 27.8. The largest absolute Gasteiger partial charge is 0.480 e. The minimum atomic E-state index is -1.61. The van der Waals surface area contributed by atoms with Crippen LogP contribution in [0.15, 0.2) is 0 Å². The summed E-state index contributed by atoms with van der Waals surface area (Å²) in [6, 6.07) is -4.31. The SMILES string of the molecule is CCC(C)C(NC(=O)C1CCCN1)C(=O)NC(CCC(N)=O)C(=O)NC(CC(N)=O)C(=O)O. The number of carboxylic acids is 1. The van der Waals surface area contributed by atoms with Gasteiger partial charge in [-0.05, 0) is 31.7 Å². The van der Waals surface area contributed by atoms with E-state index in [1.807, 2.05) is 6.92 Å². The van der Waals surface area contributed by atoms with Crippen molar-refractivity contribution in [3.05, 3.63) is 0 Å². The van der Waals surface area contributed by atoms with Crippen molar-refractivity contribution in [3.8, 4) is 0 Å². The number of amides is 5. The Kier molecular flexibility index (Phi) is 11.3. The molecule has 1 saturated heterocycles. The highest BCUT2D eigenvalue weighted by Gasteiger charge is 2.33. The maximum Gasteiger partial charge on any atom is 0.326 e. The van der Waals surface area contributed by atoms with E-state index < -0.39 is 60.2 Å². The highest BCUT2D eigenvalue weighted by Crippen LogP contribution is 2.12. The Labute approximate surface area is 191 Å². The Morgan fingerprint density at radius 2 is 1.64 bits per heavy atom. The lowest BCUT2D eigenvalue weighted by Crippen LogP contribution is -2.58. The lowest BCUT2D eigenvalue weighted by atomic mass is 9.97. The van der Waals surface area contributed by atoms with Gasteiger partial charge in [-0.2, -0.15) is 0 Å². The summed E-state index contributed by atoms with van der Waals surface area (Å²) in [5.41, 5.74) is 10.2. The molecule has 1 fully saturated rings. The number of nitrogens with one attached hydrogen (secondary N) is 4. The molecule has 13 nitrogen and oxygen atoms in total. The lowest BCUT2D eigenvalue weighted by Gasteiger charge is -2.28. The number of primary amides is 2. The molecule has 9 N–H and O–H groups in total. The summed E-state index contributed by atoms with van der Waals surface area (Å²) in [6.07, 6.45) is 0.899. The molecular formula is C20H34N6O7. The van der Waals surface area contributed by atoms with Crippen molar-refractivity contribution in [1.29, 1.82) is 0 Å². The molecule has 5 unspecified atom stereocenters. The maximum absolute atomic E-state index is 13.0. The highest BCUT2D eigenvalue weighted by molar-refractivity contribution is 5.95. The maximum atomic E-state index is 13.0. The number of carbonyl (C=O) groups is 6. The molecule has 0 aliphatic carbocycles. The van der Waals surface area contributed by atoms with Crippen LogP contribution in [0.2, 0.25) is 0 Å². The number of hydrogen-bond donors (Lipinski definition) is 7. The molecule has 5 amide bonds. The first-order chi connectivity index (χ1) is 15.5. The summed E-state index contributed by atoms with van der Waals surface area (Å²) in [5.74, 6) is -5.37. The molecule has 13 heteroatoms. The van der Waals surface area contributed by atoms with Gasteiger partial charge in [-0.15, -0.1) is 0 Å². The Morgan fingerprint density at radius 1 is 1.00 bits per heavy atom. The molecule has 0 aromatic heterocycles. The zero-order valence-corrected chi connectivity index (χ0v) is 18.9. The minimum absolute atomic E-state index is 0.207. The van der Waals surface area contributed by atoms with E-state index in [2.05, 4.69) is 21.3 Å². The summed E-state index contributed by atoms with van der Waals surface area (Å²) in [7, 11) is 0. The molecule has 0 bridgehead atoms. The second-order valence-electron chi connectivity index (χ2n) is 8.16. The quantitative estimate of drug-likeness (QED) is 0.143. The van der Waals surface area contributed by atoms with Gasteiger partial charge in [0.25, 0.3) is 0 Å². The molecule has 0 aromatic carbocycles. The van der Waals surface area contributed by atoms with Crippen LogP contribution in [0.5, 0.6) is 0 Å². The van der Waals surface area contributed by atoms with Gasteiger partial charge in [0.15, 0.2) is 0 Å². The van der Waals surface area contributed by atoms with Crippen molar-refractivity contribution < 1.29 is 33.9 Å². The summed E-state index contributed by atoms with van der Waals surface area (Å²) in [6.45, 7) is 4.30. The second-order valence-corrected chi connectivity index (χ2v) is 8.16. The van der Waals surface area contributed by atoms with Crippen LogP contribution in [0.25, 0.3) is 0 Å². The first-order valence-electron chi connectivity index (χ1n) is 10.9. The molecule has 0 saturated carbocycles. The zero-order valence-electron chi connectivity index (χ0n) is 18.9. The predicted octanol–water partition coefficient (Wildman–Crippen LogP) is -2.54. The van der Waals surface area contributed by atoms with Gasteiger partial charge in [0, 0.05) is 6.42 Å². The third kappa shape index (κ3) is 9.43. The van der Waals surface area contributed by atoms with Gasteiger partial charge in [0.05, 0.1) is 12.5 Å². The topological polar surface area (TPSA) is 223 Å². The van der Waals surface area contributed by atoms with Gasteiger partial charge in [-0.1, -0.05) is 20.3 Å². The molecule has 0 spiro atoms. The normalized spacial score (nSPS) is 18.9. The van der Waals surface area contributed by atoms with Crippen LogP contribution in [-0.2, 0) is 28.8 Å². The number of rotatable bonds is 14. The number of carbonyl (C=O) groups excluding carboxylic acids is 5. The van der Waals surface area contributed by atoms with Crippen molar-refractivity contribution in [2.75, 3.05) is 6.54 Å². The summed E-state index contributed by atoms with van der Waals surface area (Å²) < 4.78 is 0.